The minimum atomic E-state index is -4.10. The molecule has 6 nitrogen and oxygen atoms in total. The summed E-state index contributed by atoms with van der Waals surface area (Å²) in [7, 11) is -2.80. The van der Waals surface area contributed by atoms with Crippen LogP contribution in [0.3, 0.4) is 0 Å². The van der Waals surface area contributed by atoms with E-state index in [1.165, 1.54) is 39.1 Å². The van der Waals surface area contributed by atoms with Crippen LogP contribution in [0.4, 0.5) is 4.39 Å². The molecule has 0 atom stereocenters. The molecule has 0 aliphatic carbocycles. The standard InChI is InChI=1S/C15H16FNO5S/c1-9-13(15(18)19)14(10(2)22-9)23(20,21)17(3)8-11-5-4-6-12(16)7-11/h4-7H,8H2,1-3H3,(H,18,19). The lowest BCUT2D eigenvalue weighted by Gasteiger charge is -2.17. The Hall–Kier alpha value is -2.19. The SMILES string of the molecule is Cc1oc(C)c(S(=O)(=O)N(C)Cc2cccc(F)c2)c1C(=O)O. The van der Waals surface area contributed by atoms with Gasteiger partial charge in [0.15, 0.2) is 0 Å². The quantitative estimate of drug-likeness (QED) is 0.903. The van der Waals surface area contributed by atoms with Crippen LogP contribution in [0.25, 0.3) is 0 Å². The summed E-state index contributed by atoms with van der Waals surface area (Å²) in [4.78, 5) is 11.0. The molecule has 124 valence electrons. The highest BCUT2D eigenvalue weighted by Gasteiger charge is 2.33. The number of furan rings is 1. The average molecular weight is 341 g/mol. The Labute approximate surface area is 133 Å². The van der Waals surface area contributed by atoms with Crippen molar-refractivity contribution in [3.63, 3.8) is 0 Å². The first-order valence-electron chi connectivity index (χ1n) is 6.68. The van der Waals surface area contributed by atoms with Crippen molar-refractivity contribution < 1.29 is 27.1 Å². The molecule has 1 heterocycles. The Morgan fingerprint density at radius 2 is 1.96 bits per heavy atom. The monoisotopic (exact) mass is 341 g/mol. The van der Waals surface area contributed by atoms with Gasteiger partial charge in [-0.1, -0.05) is 12.1 Å². The lowest BCUT2D eigenvalue weighted by molar-refractivity contribution is 0.0691. The lowest BCUT2D eigenvalue weighted by Crippen LogP contribution is -2.28. The number of hydrogen-bond acceptors (Lipinski definition) is 4. The van der Waals surface area contributed by atoms with Crippen LogP contribution in [-0.2, 0) is 16.6 Å². The van der Waals surface area contributed by atoms with Gasteiger partial charge in [-0.3, -0.25) is 0 Å². The van der Waals surface area contributed by atoms with Crippen LogP contribution in [0.5, 0.6) is 0 Å². The van der Waals surface area contributed by atoms with E-state index >= 15 is 0 Å². The summed E-state index contributed by atoms with van der Waals surface area (Å²) in [5, 5.41) is 9.24. The van der Waals surface area contributed by atoms with Gasteiger partial charge in [0.1, 0.15) is 27.8 Å². The fourth-order valence-electron chi connectivity index (χ4n) is 2.35. The maximum absolute atomic E-state index is 13.2. The third kappa shape index (κ3) is 3.27. The van der Waals surface area contributed by atoms with Crippen molar-refractivity contribution in [2.75, 3.05) is 7.05 Å². The van der Waals surface area contributed by atoms with Gasteiger partial charge in [-0.15, -0.1) is 0 Å². The smallest absolute Gasteiger partial charge is 0.340 e. The topological polar surface area (TPSA) is 87.8 Å². The van der Waals surface area contributed by atoms with E-state index in [9.17, 15) is 22.7 Å². The zero-order chi connectivity index (χ0) is 17.4. The predicted molar refractivity (Wildman–Crippen MR) is 80.2 cm³/mol. The van der Waals surface area contributed by atoms with E-state index in [0.29, 0.717) is 5.56 Å². The minimum absolute atomic E-state index is 0.00555. The molecule has 0 fully saturated rings. The first kappa shape index (κ1) is 17.2. The van der Waals surface area contributed by atoms with E-state index < -0.39 is 21.8 Å². The zero-order valence-corrected chi connectivity index (χ0v) is 13.6. The van der Waals surface area contributed by atoms with E-state index in [1.807, 2.05) is 0 Å². The maximum Gasteiger partial charge on any atom is 0.340 e. The van der Waals surface area contributed by atoms with Gasteiger partial charge in [0.05, 0.1) is 0 Å². The summed E-state index contributed by atoms with van der Waals surface area (Å²) in [5.74, 6) is -1.83. The van der Waals surface area contributed by atoms with Crippen LogP contribution in [0, 0.1) is 19.7 Å². The van der Waals surface area contributed by atoms with Gasteiger partial charge in [0.2, 0.25) is 10.0 Å². The molecule has 0 amide bonds. The lowest BCUT2D eigenvalue weighted by atomic mass is 10.2. The minimum Gasteiger partial charge on any atom is -0.478 e. The molecule has 2 rings (SSSR count). The highest BCUT2D eigenvalue weighted by atomic mass is 32.2. The van der Waals surface area contributed by atoms with Crippen LogP contribution in [0.1, 0.15) is 27.4 Å². The van der Waals surface area contributed by atoms with E-state index in [0.717, 1.165) is 4.31 Å². The Kier molecular flexibility index (Phi) is 4.58. The summed E-state index contributed by atoms with van der Waals surface area (Å²) < 4.78 is 44.7. The molecule has 1 N–H and O–H groups in total. The Bertz CT molecular complexity index is 857. The Morgan fingerprint density at radius 1 is 1.30 bits per heavy atom. The molecule has 1 aromatic carbocycles. The van der Waals surface area contributed by atoms with E-state index in [1.54, 1.807) is 6.07 Å². The van der Waals surface area contributed by atoms with Crippen LogP contribution < -0.4 is 0 Å². The summed E-state index contributed by atoms with van der Waals surface area (Å²) >= 11 is 0. The summed E-state index contributed by atoms with van der Waals surface area (Å²) in [5.41, 5.74) is 0.0689. The zero-order valence-electron chi connectivity index (χ0n) is 12.8. The number of hydrogen-bond donors (Lipinski definition) is 1. The molecule has 0 unspecified atom stereocenters. The number of benzene rings is 1. The van der Waals surface area contributed by atoms with Crippen LogP contribution in [0.15, 0.2) is 33.6 Å². The number of carboxylic acids is 1. The molecule has 2 aromatic rings. The third-order valence-corrected chi connectivity index (χ3v) is 5.34. The largest absolute Gasteiger partial charge is 0.478 e. The van der Waals surface area contributed by atoms with Crippen molar-refractivity contribution in [2.45, 2.75) is 25.3 Å². The first-order valence-corrected chi connectivity index (χ1v) is 8.12. The van der Waals surface area contributed by atoms with Gasteiger partial charge in [-0.2, -0.15) is 4.31 Å². The molecule has 0 saturated carbocycles. The van der Waals surface area contributed by atoms with Gasteiger partial charge in [0.25, 0.3) is 0 Å². The maximum atomic E-state index is 13.2. The van der Waals surface area contributed by atoms with Crippen LogP contribution in [-0.4, -0.2) is 30.8 Å². The number of rotatable bonds is 5. The molecular formula is C15H16FNO5S. The van der Waals surface area contributed by atoms with Gasteiger partial charge in [0, 0.05) is 13.6 Å². The van der Waals surface area contributed by atoms with Crippen LogP contribution in [0.2, 0.25) is 0 Å². The normalized spacial score (nSPS) is 11.9. The van der Waals surface area contributed by atoms with Crippen molar-refractivity contribution >= 4 is 16.0 Å². The molecule has 0 radical (unpaired) electrons. The van der Waals surface area contributed by atoms with E-state index in [4.69, 9.17) is 4.42 Å². The average Bonchev–Trinajstić information content (AvgIpc) is 2.74. The summed E-state index contributed by atoms with van der Waals surface area (Å²) in [6.45, 7) is 2.69. The number of sulfonamides is 1. The predicted octanol–water partition coefficient (Wildman–Crippen LogP) is 2.55. The van der Waals surface area contributed by atoms with Crippen molar-refractivity contribution in [1.82, 2.24) is 4.31 Å². The summed E-state index contributed by atoms with van der Waals surface area (Å²) in [6, 6.07) is 5.53. The van der Waals surface area contributed by atoms with Crippen LogP contribution >= 0.6 is 0 Å². The molecule has 8 heteroatoms. The molecule has 23 heavy (non-hydrogen) atoms. The number of carboxylic acid groups (broad SMARTS) is 1. The van der Waals surface area contributed by atoms with Crippen molar-refractivity contribution in [2.24, 2.45) is 0 Å². The number of aryl methyl sites for hydroxylation is 2. The van der Waals surface area contributed by atoms with E-state index in [-0.39, 0.29) is 28.5 Å². The number of halogens is 1. The van der Waals surface area contributed by atoms with Gasteiger partial charge >= 0.3 is 5.97 Å². The number of carbonyl (C=O) groups is 1. The second kappa shape index (κ2) is 6.13. The molecule has 0 spiro atoms. The second-order valence-electron chi connectivity index (χ2n) is 5.11. The molecule has 0 bridgehead atoms. The van der Waals surface area contributed by atoms with Gasteiger partial charge in [-0.05, 0) is 31.5 Å². The highest BCUT2D eigenvalue weighted by molar-refractivity contribution is 7.89. The molecule has 0 aliphatic rings. The molecule has 1 aromatic heterocycles. The van der Waals surface area contributed by atoms with Crippen molar-refractivity contribution in [3.05, 3.63) is 52.7 Å². The third-order valence-electron chi connectivity index (χ3n) is 3.38. The van der Waals surface area contributed by atoms with Crippen molar-refractivity contribution in [3.8, 4) is 0 Å². The second-order valence-corrected chi connectivity index (χ2v) is 7.10. The molecular weight excluding hydrogens is 325 g/mol. The Balaban J connectivity index is 2.44. The Morgan fingerprint density at radius 3 is 2.52 bits per heavy atom. The van der Waals surface area contributed by atoms with E-state index in [2.05, 4.69) is 0 Å². The fraction of sp³-hybridized carbons (Fsp3) is 0.267. The van der Waals surface area contributed by atoms with Crippen molar-refractivity contribution in [1.29, 1.82) is 0 Å². The number of aromatic carboxylic acids is 1. The highest BCUT2D eigenvalue weighted by Crippen LogP contribution is 2.29. The van der Waals surface area contributed by atoms with Gasteiger partial charge < -0.3 is 9.52 Å². The molecule has 0 aliphatic heterocycles. The summed E-state index contributed by atoms with van der Waals surface area (Å²) in [6.07, 6.45) is 0. The first-order chi connectivity index (χ1) is 10.6. The van der Waals surface area contributed by atoms with Gasteiger partial charge in [-0.25, -0.2) is 17.6 Å². The molecule has 0 saturated heterocycles. The fourth-order valence-corrected chi connectivity index (χ4v) is 3.88. The number of nitrogens with zero attached hydrogens (tertiary/aromatic N) is 1.